The second-order valence-electron chi connectivity index (χ2n) is 3.27. The molecule has 0 spiro atoms. The van der Waals surface area contributed by atoms with Crippen molar-refractivity contribution in [1.29, 1.82) is 0 Å². The summed E-state index contributed by atoms with van der Waals surface area (Å²) in [5.74, 6) is -0.358. The lowest BCUT2D eigenvalue weighted by Gasteiger charge is -2.19. The Morgan fingerprint density at radius 3 is 2.69 bits per heavy atom. The van der Waals surface area contributed by atoms with Gasteiger partial charge in [-0.3, -0.25) is 4.79 Å². The van der Waals surface area contributed by atoms with Crippen LogP contribution in [0.4, 0.5) is 0 Å². The predicted molar refractivity (Wildman–Crippen MR) is 55.0 cm³/mol. The van der Waals surface area contributed by atoms with Crippen molar-refractivity contribution in [3.8, 4) is 0 Å². The first-order valence-corrected chi connectivity index (χ1v) is 5.01. The van der Waals surface area contributed by atoms with E-state index in [0.717, 1.165) is 10.6 Å². The monoisotopic (exact) mass is 217 g/mol. The van der Waals surface area contributed by atoms with Gasteiger partial charge in [-0.1, -0.05) is 0 Å². The Bertz CT molecular complexity index is 320. The van der Waals surface area contributed by atoms with E-state index in [1.165, 1.54) is 11.3 Å². The molecule has 1 aromatic rings. The van der Waals surface area contributed by atoms with Crippen molar-refractivity contribution in [3.63, 3.8) is 0 Å². The molecule has 72 valence electrons. The first-order chi connectivity index (χ1) is 6.00. The van der Waals surface area contributed by atoms with Gasteiger partial charge in [-0.15, -0.1) is 11.3 Å². The number of carbonyl (C=O) groups excluding carboxylic acids is 1. The standard InChI is InChI=1S/C8H11NO2S2/c1-5-6(13-4-9-5)8(2,3)7(10)11-12/h4,12H,1-3H3. The fraction of sp³-hybridized carbons (Fsp3) is 0.500. The number of aryl methyl sites for hydroxylation is 1. The Labute approximate surface area is 86.8 Å². The second kappa shape index (κ2) is 3.67. The maximum Gasteiger partial charge on any atom is 0.328 e. The molecule has 0 N–H and O–H groups in total. The van der Waals surface area contributed by atoms with Crippen molar-refractivity contribution in [2.45, 2.75) is 26.2 Å². The highest BCUT2D eigenvalue weighted by atomic mass is 32.1. The fourth-order valence-corrected chi connectivity index (χ4v) is 2.25. The number of thiazole rings is 1. The zero-order valence-electron chi connectivity index (χ0n) is 7.70. The van der Waals surface area contributed by atoms with Crippen molar-refractivity contribution >= 4 is 30.2 Å². The Hall–Kier alpha value is -0.550. The third-order valence-corrected chi connectivity index (χ3v) is 3.32. The van der Waals surface area contributed by atoms with Crippen LogP contribution in [-0.2, 0) is 14.4 Å². The van der Waals surface area contributed by atoms with Gasteiger partial charge >= 0.3 is 5.97 Å². The molecule has 0 atom stereocenters. The van der Waals surface area contributed by atoms with Gasteiger partial charge in [0.05, 0.1) is 16.6 Å². The van der Waals surface area contributed by atoms with Gasteiger partial charge in [0.15, 0.2) is 0 Å². The number of hydrogen-bond acceptors (Lipinski definition) is 5. The topological polar surface area (TPSA) is 39.2 Å². The summed E-state index contributed by atoms with van der Waals surface area (Å²) in [4.78, 5) is 16.4. The summed E-state index contributed by atoms with van der Waals surface area (Å²) in [6.07, 6.45) is 0. The van der Waals surface area contributed by atoms with E-state index in [1.54, 1.807) is 19.4 Å². The van der Waals surface area contributed by atoms with E-state index >= 15 is 0 Å². The minimum Gasteiger partial charge on any atom is -0.394 e. The Kier molecular flexibility index (Phi) is 2.98. The van der Waals surface area contributed by atoms with Crippen LogP contribution in [0.3, 0.4) is 0 Å². The molecule has 5 heteroatoms. The zero-order valence-corrected chi connectivity index (χ0v) is 9.41. The Morgan fingerprint density at radius 1 is 1.69 bits per heavy atom. The summed E-state index contributed by atoms with van der Waals surface area (Å²) in [5, 5.41) is 0. The van der Waals surface area contributed by atoms with Crippen LogP contribution < -0.4 is 0 Å². The third kappa shape index (κ3) is 1.86. The number of thiol groups is 1. The molecule has 0 bridgehead atoms. The van der Waals surface area contributed by atoms with Gasteiger partial charge in [0.1, 0.15) is 0 Å². The number of carbonyl (C=O) groups is 1. The third-order valence-electron chi connectivity index (χ3n) is 1.91. The number of hydrogen-bond donors (Lipinski definition) is 1. The summed E-state index contributed by atoms with van der Waals surface area (Å²) in [6.45, 7) is 5.47. The van der Waals surface area contributed by atoms with E-state index in [4.69, 9.17) is 0 Å². The lowest BCUT2D eigenvalue weighted by molar-refractivity contribution is -0.138. The molecule has 1 heterocycles. The molecule has 0 unspecified atom stereocenters. The summed E-state index contributed by atoms with van der Waals surface area (Å²) in [6, 6.07) is 0. The molecule has 3 nitrogen and oxygen atoms in total. The van der Waals surface area contributed by atoms with Crippen molar-refractivity contribution in [3.05, 3.63) is 16.1 Å². The molecule has 0 saturated heterocycles. The normalized spacial score (nSPS) is 11.4. The largest absolute Gasteiger partial charge is 0.394 e. The van der Waals surface area contributed by atoms with Crippen LogP contribution in [-0.4, -0.2) is 11.0 Å². The smallest absolute Gasteiger partial charge is 0.328 e. The van der Waals surface area contributed by atoms with Gasteiger partial charge in [-0.05, 0) is 20.8 Å². The Morgan fingerprint density at radius 2 is 2.31 bits per heavy atom. The van der Waals surface area contributed by atoms with Gasteiger partial charge in [0.25, 0.3) is 0 Å². The summed E-state index contributed by atoms with van der Waals surface area (Å²) >= 11 is 4.96. The minimum absolute atomic E-state index is 0.358. The Balaban J connectivity index is 3.07. The first-order valence-electron chi connectivity index (χ1n) is 3.76. The molecule has 13 heavy (non-hydrogen) atoms. The maximum absolute atomic E-state index is 11.4. The molecule has 0 aliphatic carbocycles. The second-order valence-corrected chi connectivity index (χ2v) is 4.31. The predicted octanol–water partition coefficient (Wildman–Crippen LogP) is 2.12. The lowest BCUT2D eigenvalue weighted by atomic mass is 9.91. The molecule has 0 aliphatic rings. The van der Waals surface area contributed by atoms with Gasteiger partial charge in [0, 0.05) is 17.8 Å². The summed E-state index contributed by atoms with van der Waals surface area (Å²) in [7, 11) is 0. The summed E-state index contributed by atoms with van der Waals surface area (Å²) < 4.78 is 4.43. The molecule has 0 saturated carbocycles. The highest BCUT2D eigenvalue weighted by Crippen LogP contribution is 2.30. The molecule has 0 aromatic carbocycles. The van der Waals surface area contributed by atoms with Gasteiger partial charge in [-0.2, -0.15) is 0 Å². The zero-order chi connectivity index (χ0) is 10.1. The average molecular weight is 217 g/mol. The van der Waals surface area contributed by atoms with Crippen LogP contribution in [0.1, 0.15) is 24.4 Å². The van der Waals surface area contributed by atoms with Crippen molar-refractivity contribution in [2.75, 3.05) is 0 Å². The highest BCUT2D eigenvalue weighted by Gasteiger charge is 2.34. The SMILES string of the molecule is Cc1ncsc1C(C)(C)C(=O)OS. The number of rotatable bonds is 2. The van der Waals surface area contributed by atoms with Crippen LogP contribution in [0.15, 0.2) is 5.51 Å². The highest BCUT2D eigenvalue weighted by molar-refractivity contribution is 7.75. The molecule has 1 rings (SSSR count). The van der Waals surface area contributed by atoms with Crippen LogP contribution in [0.25, 0.3) is 0 Å². The van der Waals surface area contributed by atoms with E-state index in [2.05, 4.69) is 22.1 Å². The first kappa shape index (κ1) is 10.5. The maximum atomic E-state index is 11.4. The molecule has 0 radical (unpaired) electrons. The van der Waals surface area contributed by atoms with Crippen LogP contribution in [0, 0.1) is 6.92 Å². The van der Waals surface area contributed by atoms with Crippen molar-refractivity contribution in [1.82, 2.24) is 4.98 Å². The van der Waals surface area contributed by atoms with Crippen LogP contribution >= 0.6 is 24.2 Å². The van der Waals surface area contributed by atoms with Gasteiger partial charge in [0.2, 0.25) is 0 Å². The molecular weight excluding hydrogens is 206 g/mol. The van der Waals surface area contributed by atoms with E-state index in [-0.39, 0.29) is 5.97 Å². The molecule has 1 aromatic heterocycles. The van der Waals surface area contributed by atoms with Crippen molar-refractivity contribution < 1.29 is 8.98 Å². The van der Waals surface area contributed by atoms with E-state index in [0.29, 0.717) is 0 Å². The fourth-order valence-electron chi connectivity index (χ4n) is 1.11. The van der Waals surface area contributed by atoms with E-state index in [1.807, 2.05) is 6.92 Å². The molecule has 0 fully saturated rings. The van der Waals surface area contributed by atoms with Crippen LogP contribution in [0.5, 0.6) is 0 Å². The van der Waals surface area contributed by atoms with Crippen molar-refractivity contribution in [2.24, 2.45) is 0 Å². The minimum atomic E-state index is -0.660. The molecule has 0 aliphatic heterocycles. The van der Waals surface area contributed by atoms with Gasteiger partial charge < -0.3 is 4.18 Å². The van der Waals surface area contributed by atoms with Crippen LogP contribution in [0.2, 0.25) is 0 Å². The number of aromatic nitrogens is 1. The quantitative estimate of drug-likeness (QED) is 0.609. The van der Waals surface area contributed by atoms with E-state index in [9.17, 15) is 4.79 Å². The van der Waals surface area contributed by atoms with E-state index < -0.39 is 5.41 Å². The van der Waals surface area contributed by atoms with Gasteiger partial charge in [-0.25, -0.2) is 4.98 Å². The lowest BCUT2D eigenvalue weighted by Crippen LogP contribution is -2.28. The average Bonchev–Trinajstić information content (AvgIpc) is 2.50. The number of nitrogens with zero attached hydrogens (tertiary/aromatic N) is 1. The molecule has 0 amide bonds. The molecular formula is C8H11NO2S2. The summed E-state index contributed by atoms with van der Waals surface area (Å²) in [5.41, 5.74) is 1.93.